The number of carbonyl (C=O) groups is 1. The van der Waals surface area contributed by atoms with Crippen molar-refractivity contribution in [2.75, 3.05) is 19.6 Å². The van der Waals surface area contributed by atoms with Gasteiger partial charge in [0.25, 0.3) is 0 Å². The number of ether oxygens (including phenoxy) is 1. The van der Waals surface area contributed by atoms with Crippen LogP contribution in [0.5, 0.6) is 11.5 Å². The van der Waals surface area contributed by atoms with Crippen LogP contribution in [0.4, 0.5) is 0 Å². The van der Waals surface area contributed by atoms with E-state index < -0.39 is 0 Å². The first kappa shape index (κ1) is 20.5. The van der Waals surface area contributed by atoms with E-state index in [2.05, 4.69) is 16.5 Å². The summed E-state index contributed by atoms with van der Waals surface area (Å²) in [4.78, 5) is 20.1. The highest BCUT2D eigenvalue weighted by atomic mass is 16.5. The van der Waals surface area contributed by atoms with Crippen molar-refractivity contribution in [1.82, 2.24) is 9.80 Å². The standard InChI is InChI=1S/C25H26N4O2/c1-2-24(30)29-14-12-19(18-29)17-28-15-13-27-16-23(28)25(26)20-8-10-22(11-9-20)31-21-6-4-3-5-7-21/h2-11,13,15-16,19H,1,12,14,17-18,26H2/b25-23-/t19-/m0/s1. The van der Waals surface area contributed by atoms with Gasteiger partial charge in [0, 0.05) is 32.0 Å². The van der Waals surface area contributed by atoms with Gasteiger partial charge >= 0.3 is 0 Å². The molecule has 0 aliphatic carbocycles. The molecule has 2 aromatic carbocycles. The van der Waals surface area contributed by atoms with E-state index in [-0.39, 0.29) is 5.91 Å². The Morgan fingerprint density at radius 3 is 2.65 bits per heavy atom. The number of rotatable bonds is 6. The molecule has 0 bridgehead atoms. The lowest BCUT2D eigenvalue weighted by molar-refractivity contribution is -0.125. The van der Waals surface area contributed by atoms with Gasteiger partial charge in [0.2, 0.25) is 5.91 Å². The molecule has 2 aromatic rings. The predicted molar refractivity (Wildman–Crippen MR) is 123 cm³/mol. The molecule has 6 heteroatoms. The Morgan fingerprint density at radius 1 is 1.16 bits per heavy atom. The average molecular weight is 415 g/mol. The highest BCUT2D eigenvalue weighted by Crippen LogP contribution is 2.26. The maximum absolute atomic E-state index is 11.9. The van der Waals surface area contributed by atoms with Crippen molar-refractivity contribution in [3.05, 3.63) is 90.9 Å². The van der Waals surface area contributed by atoms with Crippen LogP contribution in [0.15, 0.2) is 90.3 Å². The minimum Gasteiger partial charge on any atom is -0.457 e. The van der Waals surface area contributed by atoms with Gasteiger partial charge in [0.1, 0.15) is 11.5 Å². The van der Waals surface area contributed by atoms with Gasteiger partial charge in [0.15, 0.2) is 0 Å². The van der Waals surface area contributed by atoms with Crippen LogP contribution >= 0.6 is 0 Å². The number of likely N-dealkylation sites (tertiary alicyclic amines) is 1. The normalized spacial score (nSPS) is 19.4. The van der Waals surface area contributed by atoms with Gasteiger partial charge in [-0.15, -0.1) is 0 Å². The number of benzene rings is 2. The third-order valence-corrected chi connectivity index (χ3v) is 5.49. The number of amides is 1. The van der Waals surface area contributed by atoms with Gasteiger partial charge in [0.05, 0.1) is 17.6 Å². The monoisotopic (exact) mass is 414 g/mol. The van der Waals surface area contributed by atoms with E-state index in [9.17, 15) is 4.79 Å². The minimum absolute atomic E-state index is 0.00802. The lowest BCUT2D eigenvalue weighted by Gasteiger charge is -2.27. The van der Waals surface area contributed by atoms with Crippen molar-refractivity contribution in [1.29, 1.82) is 0 Å². The lowest BCUT2D eigenvalue weighted by atomic mass is 10.1. The topological polar surface area (TPSA) is 71.2 Å². The van der Waals surface area contributed by atoms with E-state index in [0.717, 1.165) is 48.8 Å². The summed E-state index contributed by atoms with van der Waals surface area (Å²) in [5.74, 6) is 1.90. The lowest BCUT2D eigenvalue weighted by Crippen LogP contribution is -2.31. The summed E-state index contributed by atoms with van der Waals surface area (Å²) in [5, 5.41) is 0. The molecule has 0 radical (unpaired) electrons. The van der Waals surface area contributed by atoms with Crippen molar-refractivity contribution in [2.24, 2.45) is 16.6 Å². The van der Waals surface area contributed by atoms with Crippen LogP contribution < -0.4 is 10.5 Å². The summed E-state index contributed by atoms with van der Waals surface area (Å²) in [6.07, 6.45) is 7.82. The first-order valence-corrected chi connectivity index (χ1v) is 10.3. The van der Waals surface area contributed by atoms with Crippen molar-refractivity contribution < 1.29 is 9.53 Å². The Balaban J connectivity index is 1.47. The molecule has 2 aliphatic heterocycles. The van der Waals surface area contributed by atoms with E-state index in [0.29, 0.717) is 11.6 Å². The fraction of sp³-hybridized carbons (Fsp3) is 0.200. The molecule has 158 valence electrons. The Bertz CT molecular complexity index is 1030. The van der Waals surface area contributed by atoms with Crippen LogP contribution in [0.3, 0.4) is 0 Å². The number of carbonyl (C=O) groups excluding carboxylic acids is 1. The number of nitrogens with two attached hydrogens (primary N) is 1. The van der Waals surface area contributed by atoms with Crippen molar-refractivity contribution >= 4 is 17.8 Å². The van der Waals surface area contributed by atoms with Crippen molar-refractivity contribution in [3.63, 3.8) is 0 Å². The molecule has 2 N–H and O–H groups in total. The second-order valence-corrected chi connectivity index (χ2v) is 7.61. The molecule has 6 nitrogen and oxygen atoms in total. The van der Waals surface area contributed by atoms with E-state index >= 15 is 0 Å². The van der Waals surface area contributed by atoms with Crippen LogP contribution in [0.1, 0.15) is 12.0 Å². The zero-order chi connectivity index (χ0) is 21.6. The Hall–Kier alpha value is -3.80. The third-order valence-electron chi connectivity index (χ3n) is 5.49. The van der Waals surface area contributed by atoms with E-state index in [1.807, 2.05) is 65.7 Å². The fourth-order valence-electron chi connectivity index (χ4n) is 3.83. The van der Waals surface area contributed by atoms with Gasteiger partial charge < -0.3 is 20.3 Å². The Morgan fingerprint density at radius 2 is 1.90 bits per heavy atom. The van der Waals surface area contributed by atoms with Crippen molar-refractivity contribution in [3.8, 4) is 11.5 Å². The number of para-hydroxylation sites is 1. The molecular weight excluding hydrogens is 388 g/mol. The molecule has 1 fully saturated rings. The first-order valence-electron chi connectivity index (χ1n) is 10.3. The van der Waals surface area contributed by atoms with Crippen LogP contribution in [-0.4, -0.2) is 41.6 Å². The van der Waals surface area contributed by atoms with Crippen LogP contribution in [0.25, 0.3) is 5.70 Å². The summed E-state index contributed by atoms with van der Waals surface area (Å²) in [6.45, 7) is 5.84. The quantitative estimate of drug-likeness (QED) is 0.726. The smallest absolute Gasteiger partial charge is 0.245 e. The molecule has 0 aromatic heterocycles. The Kier molecular flexibility index (Phi) is 6.17. The zero-order valence-electron chi connectivity index (χ0n) is 17.4. The number of hydrogen-bond donors (Lipinski definition) is 1. The van der Waals surface area contributed by atoms with Crippen molar-refractivity contribution in [2.45, 2.75) is 6.42 Å². The molecule has 2 heterocycles. The van der Waals surface area contributed by atoms with Crippen LogP contribution in [-0.2, 0) is 4.79 Å². The first-order chi connectivity index (χ1) is 15.1. The van der Waals surface area contributed by atoms with Crippen LogP contribution in [0.2, 0.25) is 0 Å². The summed E-state index contributed by atoms with van der Waals surface area (Å²) in [6, 6.07) is 17.4. The van der Waals surface area contributed by atoms with E-state index in [1.54, 1.807) is 12.4 Å². The molecule has 0 unspecified atom stereocenters. The van der Waals surface area contributed by atoms with E-state index in [4.69, 9.17) is 10.5 Å². The number of aliphatic imine (C=N–C) groups is 1. The minimum atomic E-state index is -0.00802. The Labute approximate surface area is 182 Å². The maximum Gasteiger partial charge on any atom is 0.245 e. The zero-order valence-corrected chi connectivity index (χ0v) is 17.4. The molecule has 1 atom stereocenters. The predicted octanol–water partition coefficient (Wildman–Crippen LogP) is 4.00. The number of allylic oxidation sites excluding steroid dienone is 1. The molecular formula is C25H26N4O2. The molecule has 1 saturated heterocycles. The van der Waals surface area contributed by atoms with Gasteiger partial charge in [-0.1, -0.05) is 24.8 Å². The van der Waals surface area contributed by atoms with Gasteiger partial charge in [-0.2, -0.15) is 0 Å². The molecule has 2 aliphatic rings. The molecule has 1 amide bonds. The molecule has 31 heavy (non-hydrogen) atoms. The molecule has 0 spiro atoms. The number of hydrogen-bond acceptors (Lipinski definition) is 5. The summed E-state index contributed by atoms with van der Waals surface area (Å²) < 4.78 is 5.86. The summed E-state index contributed by atoms with van der Waals surface area (Å²) in [5.41, 5.74) is 8.93. The van der Waals surface area contributed by atoms with Gasteiger partial charge in [-0.05, 0) is 60.4 Å². The number of nitrogens with zero attached hydrogens (tertiary/aromatic N) is 3. The highest BCUT2D eigenvalue weighted by molar-refractivity contribution is 5.90. The fourth-order valence-corrected chi connectivity index (χ4v) is 3.83. The SMILES string of the molecule is C=CC(=O)N1CC[C@@H](CN2C=CN=C/C2=C(/N)c2ccc(Oc3ccccc3)cc2)C1. The van der Waals surface area contributed by atoms with Gasteiger partial charge in [-0.3, -0.25) is 9.79 Å². The molecule has 0 saturated carbocycles. The third kappa shape index (κ3) is 4.86. The second kappa shape index (κ2) is 9.34. The second-order valence-electron chi connectivity index (χ2n) is 7.61. The maximum atomic E-state index is 11.9. The van der Waals surface area contributed by atoms with Crippen LogP contribution in [0, 0.1) is 5.92 Å². The van der Waals surface area contributed by atoms with E-state index in [1.165, 1.54) is 6.08 Å². The largest absolute Gasteiger partial charge is 0.457 e. The average Bonchev–Trinajstić information content (AvgIpc) is 3.28. The summed E-state index contributed by atoms with van der Waals surface area (Å²) >= 11 is 0. The molecule has 4 rings (SSSR count). The highest BCUT2D eigenvalue weighted by Gasteiger charge is 2.27. The summed E-state index contributed by atoms with van der Waals surface area (Å²) in [7, 11) is 0. The van der Waals surface area contributed by atoms with Gasteiger partial charge in [-0.25, -0.2) is 0 Å².